The molecule has 4 atom stereocenters. The summed E-state index contributed by atoms with van der Waals surface area (Å²) in [6.07, 6.45) is -1.92. The molecule has 0 aromatic rings. The molecule has 98 valence electrons. The molecular weight excluding hydrogens is 234 g/mol. The van der Waals surface area contributed by atoms with Crippen molar-refractivity contribution in [1.82, 2.24) is 5.32 Å². The molecule has 4 unspecified atom stereocenters. The van der Waals surface area contributed by atoms with Gasteiger partial charge < -0.3 is 30.3 Å². The SMILES string of the molecule is C[S+]([O-])CCNCC(O)C(O)C(O)CCO. The molecule has 5 N–H and O–H groups in total. The van der Waals surface area contributed by atoms with E-state index in [1.165, 1.54) is 0 Å². The van der Waals surface area contributed by atoms with Gasteiger partial charge in [0.25, 0.3) is 0 Å². The van der Waals surface area contributed by atoms with Gasteiger partial charge in [-0.05, 0) is 6.42 Å². The molecule has 0 rings (SSSR count). The van der Waals surface area contributed by atoms with Crippen molar-refractivity contribution < 1.29 is 25.0 Å². The lowest BCUT2D eigenvalue weighted by Crippen LogP contribution is -2.44. The van der Waals surface area contributed by atoms with E-state index in [2.05, 4.69) is 5.32 Å². The van der Waals surface area contributed by atoms with E-state index in [0.717, 1.165) is 0 Å². The van der Waals surface area contributed by atoms with Crippen LogP contribution in [0.15, 0.2) is 0 Å². The quantitative estimate of drug-likeness (QED) is 0.228. The zero-order valence-corrected chi connectivity index (χ0v) is 10.2. The smallest absolute Gasteiger partial charge is 0.117 e. The first-order valence-corrected chi connectivity index (χ1v) is 6.87. The Morgan fingerprint density at radius 3 is 2.38 bits per heavy atom. The summed E-state index contributed by atoms with van der Waals surface area (Å²) in [6.45, 7) is 0.344. The highest BCUT2D eigenvalue weighted by molar-refractivity contribution is 7.90. The third-order valence-corrected chi connectivity index (χ3v) is 2.91. The lowest BCUT2D eigenvalue weighted by Gasteiger charge is -2.22. The maximum atomic E-state index is 10.7. The zero-order valence-electron chi connectivity index (χ0n) is 9.37. The van der Waals surface area contributed by atoms with Gasteiger partial charge in [-0.2, -0.15) is 0 Å². The van der Waals surface area contributed by atoms with Crippen LogP contribution in [-0.4, -0.2) is 75.0 Å². The van der Waals surface area contributed by atoms with Crippen LogP contribution in [0.5, 0.6) is 0 Å². The van der Waals surface area contributed by atoms with Gasteiger partial charge in [0, 0.05) is 19.7 Å². The second-order valence-corrected chi connectivity index (χ2v) is 5.17. The number of aliphatic hydroxyl groups is 4. The first-order valence-electron chi connectivity index (χ1n) is 5.14. The van der Waals surface area contributed by atoms with Gasteiger partial charge in [-0.3, -0.25) is 0 Å². The normalized spacial score (nSPS) is 19.1. The van der Waals surface area contributed by atoms with Crippen molar-refractivity contribution in [2.75, 3.05) is 31.7 Å². The van der Waals surface area contributed by atoms with E-state index in [1.54, 1.807) is 6.26 Å². The second-order valence-electron chi connectivity index (χ2n) is 3.62. The van der Waals surface area contributed by atoms with Crippen LogP contribution in [0.4, 0.5) is 0 Å². The first-order chi connectivity index (χ1) is 7.49. The largest absolute Gasteiger partial charge is 0.617 e. The van der Waals surface area contributed by atoms with Crippen molar-refractivity contribution in [2.24, 2.45) is 0 Å². The highest BCUT2D eigenvalue weighted by atomic mass is 32.2. The summed E-state index contributed by atoms with van der Waals surface area (Å²) in [7, 11) is 0. The van der Waals surface area contributed by atoms with Crippen molar-refractivity contribution in [3.8, 4) is 0 Å². The molecule has 0 aromatic heterocycles. The Balaban J connectivity index is 3.66. The third kappa shape index (κ3) is 7.39. The Kier molecular flexibility index (Phi) is 9.24. The molecule has 0 saturated carbocycles. The minimum absolute atomic E-state index is 0.0250. The fourth-order valence-corrected chi connectivity index (χ4v) is 1.58. The minimum Gasteiger partial charge on any atom is -0.617 e. The van der Waals surface area contributed by atoms with Crippen molar-refractivity contribution in [3.63, 3.8) is 0 Å². The van der Waals surface area contributed by atoms with Crippen LogP contribution in [0.2, 0.25) is 0 Å². The molecule has 0 saturated heterocycles. The van der Waals surface area contributed by atoms with Crippen LogP contribution in [-0.2, 0) is 11.2 Å². The van der Waals surface area contributed by atoms with E-state index in [9.17, 15) is 19.9 Å². The van der Waals surface area contributed by atoms with Gasteiger partial charge in [-0.25, -0.2) is 0 Å². The molecular formula is C9H21NO5S. The Hall–Kier alpha value is 0.110. The second kappa shape index (κ2) is 9.17. The molecule has 6 nitrogen and oxygen atoms in total. The van der Waals surface area contributed by atoms with E-state index >= 15 is 0 Å². The van der Waals surface area contributed by atoms with Gasteiger partial charge in [0.05, 0.1) is 18.5 Å². The molecule has 0 radical (unpaired) electrons. The van der Waals surface area contributed by atoms with E-state index in [4.69, 9.17) is 5.11 Å². The highest BCUT2D eigenvalue weighted by Gasteiger charge is 2.23. The summed E-state index contributed by atoms with van der Waals surface area (Å²) >= 11 is -0.892. The molecule has 0 aromatic carbocycles. The zero-order chi connectivity index (χ0) is 12.6. The van der Waals surface area contributed by atoms with E-state index in [1.807, 2.05) is 0 Å². The molecule has 0 aliphatic rings. The average molecular weight is 255 g/mol. The van der Waals surface area contributed by atoms with Crippen LogP contribution in [0, 0.1) is 0 Å². The predicted molar refractivity (Wildman–Crippen MR) is 61.5 cm³/mol. The Bertz CT molecular complexity index is 172. The molecule has 0 aliphatic carbocycles. The number of rotatable bonds is 9. The Labute approximate surface area is 98.5 Å². The summed E-state index contributed by atoms with van der Waals surface area (Å²) in [5, 5.41) is 39.5. The summed E-state index contributed by atoms with van der Waals surface area (Å²) in [5.74, 6) is 0.474. The monoisotopic (exact) mass is 255 g/mol. The van der Waals surface area contributed by atoms with Gasteiger partial charge in [-0.1, -0.05) is 11.2 Å². The van der Waals surface area contributed by atoms with E-state index in [0.29, 0.717) is 12.3 Å². The summed E-state index contributed by atoms with van der Waals surface area (Å²) in [5.41, 5.74) is 0. The number of nitrogens with one attached hydrogen (secondary N) is 1. The van der Waals surface area contributed by atoms with Crippen LogP contribution in [0.25, 0.3) is 0 Å². The van der Waals surface area contributed by atoms with Gasteiger partial charge in [0.1, 0.15) is 11.9 Å². The lowest BCUT2D eigenvalue weighted by molar-refractivity contribution is -0.0641. The third-order valence-electron chi connectivity index (χ3n) is 2.13. The maximum absolute atomic E-state index is 10.7. The molecule has 0 bridgehead atoms. The van der Waals surface area contributed by atoms with Crippen molar-refractivity contribution in [2.45, 2.75) is 24.7 Å². The van der Waals surface area contributed by atoms with E-state index in [-0.39, 0.29) is 19.6 Å². The van der Waals surface area contributed by atoms with Gasteiger partial charge in [-0.15, -0.1) is 0 Å². The summed E-state index contributed by atoms with van der Waals surface area (Å²) in [4.78, 5) is 0. The standard InChI is InChI=1S/C9H21NO5S/c1-16(15)5-3-10-6-8(13)9(14)7(12)2-4-11/h7-14H,2-6H2,1H3. The van der Waals surface area contributed by atoms with Crippen LogP contribution in [0.1, 0.15) is 6.42 Å². The molecule has 7 heteroatoms. The molecule has 0 heterocycles. The summed E-state index contributed by atoms with van der Waals surface area (Å²) in [6, 6.07) is 0. The van der Waals surface area contributed by atoms with Gasteiger partial charge >= 0.3 is 0 Å². The topological polar surface area (TPSA) is 116 Å². The molecule has 16 heavy (non-hydrogen) atoms. The van der Waals surface area contributed by atoms with Crippen molar-refractivity contribution in [1.29, 1.82) is 0 Å². The van der Waals surface area contributed by atoms with Gasteiger partial charge in [0.15, 0.2) is 0 Å². The first kappa shape index (κ1) is 16.1. The molecule has 0 aliphatic heterocycles. The molecule has 0 amide bonds. The highest BCUT2D eigenvalue weighted by Crippen LogP contribution is 2.03. The number of hydrogen-bond acceptors (Lipinski definition) is 6. The molecule has 0 fully saturated rings. The summed E-state index contributed by atoms with van der Waals surface area (Å²) < 4.78 is 10.7. The Morgan fingerprint density at radius 1 is 1.25 bits per heavy atom. The van der Waals surface area contributed by atoms with Crippen LogP contribution >= 0.6 is 0 Å². The lowest BCUT2D eigenvalue weighted by atomic mass is 10.1. The Morgan fingerprint density at radius 2 is 1.88 bits per heavy atom. The average Bonchev–Trinajstić information content (AvgIpc) is 2.23. The number of hydrogen-bond donors (Lipinski definition) is 5. The predicted octanol–water partition coefficient (Wildman–Crippen LogP) is -2.58. The maximum Gasteiger partial charge on any atom is 0.117 e. The molecule has 0 spiro atoms. The van der Waals surface area contributed by atoms with E-state index < -0.39 is 29.5 Å². The fraction of sp³-hybridized carbons (Fsp3) is 1.00. The van der Waals surface area contributed by atoms with Crippen molar-refractivity contribution in [3.05, 3.63) is 0 Å². The number of aliphatic hydroxyl groups excluding tert-OH is 4. The van der Waals surface area contributed by atoms with Crippen LogP contribution in [0.3, 0.4) is 0 Å². The van der Waals surface area contributed by atoms with Crippen molar-refractivity contribution >= 4 is 11.2 Å². The fourth-order valence-electron chi connectivity index (χ4n) is 1.15. The minimum atomic E-state index is -1.29. The van der Waals surface area contributed by atoms with Crippen LogP contribution < -0.4 is 5.32 Å². The van der Waals surface area contributed by atoms with Gasteiger partial charge in [0.2, 0.25) is 0 Å².